The van der Waals surface area contributed by atoms with E-state index in [1.54, 1.807) is 0 Å². The molecular formula is C27H18N2O2. The van der Waals surface area contributed by atoms with Gasteiger partial charge in [0.25, 0.3) is 0 Å². The molecule has 0 bridgehead atoms. The lowest BCUT2D eigenvalue weighted by atomic mass is 10.1. The van der Waals surface area contributed by atoms with E-state index in [1.165, 1.54) is 5.56 Å². The third-order valence-corrected chi connectivity index (χ3v) is 5.75. The van der Waals surface area contributed by atoms with E-state index < -0.39 is 0 Å². The molecule has 0 N–H and O–H groups in total. The summed E-state index contributed by atoms with van der Waals surface area (Å²) < 4.78 is 8.28. The minimum Gasteiger partial charge on any atom is -0.436 e. The molecule has 0 atom stereocenters. The van der Waals surface area contributed by atoms with Crippen LogP contribution < -0.4 is 0 Å². The average molecular weight is 402 g/mol. The highest BCUT2D eigenvalue weighted by Gasteiger charge is 2.15. The number of hydrogen-bond acceptors (Lipinski definition) is 3. The predicted octanol–water partition coefficient (Wildman–Crippen LogP) is 6.46. The largest absolute Gasteiger partial charge is 0.436 e. The molecule has 0 aliphatic rings. The fourth-order valence-electron chi connectivity index (χ4n) is 4.26. The van der Waals surface area contributed by atoms with Crippen molar-refractivity contribution >= 4 is 39.2 Å². The quantitative estimate of drug-likeness (QED) is 0.318. The SMILES string of the molecule is O=Cc1ccc2c(c1)c1cc(-c3nc4ccccc4o3)ccc1n2Cc1ccccc1. The minimum absolute atomic E-state index is 0.596. The molecule has 0 aliphatic heterocycles. The number of hydrogen-bond donors (Lipinski definition) is 0. The first-order valence-electron chi connectivity index (χ1n) is 10.2. The minimum atomic E-state index is 0.596. The van der Waals surface area contributed by atoms with Crippen molar-refractivity contribution in [2.24, 2.45) is 0 Å². The number of carbonyl (C=O) groups is 1. The second-order valence-electron chi connectivity index (χ2n) is 7.68. The number of nitrogens with zero attached hydrogens (tertiary/aromatic N) is 2. The third kappa shape index (κ3) is 2.92. The van der Waals surface area contributed by atoms with E-state index in [2.05, 4.69) is 45.9 Å². The number of para-hydroxylation sites is 2. The monoisotopic (exact) mass is 402 g/mol. The van der Waals surface area contributed by atoms with E-state index in [9.17, 15) is 4.79 Å². The molecule has 0 fully saturated rings. The number of oxazole rings is 1. The van der Waals surface area contributed by atoms with Crippen molar-refractivity contribution in [3.05, 3.63) is 102 Å². The van der Waals surface area contributed by atoms with Crippen LogP contribution in [0.5, 0.6) is 0 Å². The maximum atomic E-state index is 11.4. The van der Waals surface area contributed by atoms with Crippen molar-refractivity contribution < 1.29 is 9.21 Å². The summed E-state index contributed by atoms with van der Waals surface area (Å²) in [4.78, 5) is 16.1. The lowest BCUT2D eigenvalue weighted by molar-refractivity contribution is 0.112. The molecule has 2 aromatic heterocycles. The summed E-state index contributed by atoms with van der Waals surface area (Å²) in [6, 6.07) is 30.3. The molecule has 0 amide bonds. The van der Waals surface area contributed by atoms with Crippen molar-refractivity contribution in [3.8, 4) is 11.5 Å². The zero-order chi connectivity index (χ0) is 20.8. The Morgan fingerprint density at radius 3 is 2.35 bits per heavy atom. The van der Waals surface area contributed by atoms with Crippen LogP contribution in [0, 0.1) is 0 Å². The van der Waals surface area contributed by atoms with Gasteiger partial charge in [0, 0.05) is 39.5 Å². The molecule has 0 unspecified atom stereocenters. The van der Waals surface area contributed by atoms with Crippen LogP contribution in [0.25, 0.3) is 44.4 Å². The lowest BCUT2D eigenvalue weighted by Gasteiger charge is -2.08. The van der Waals surface area contributed by atoms with Gasteiger partial charge in [0.15, 0.2) is 5.58 Å². The molecule has 0 saturated heterocycles. The molecule has 0 spiro atoms. The Morgan fingerprint density at radius 2 is 1.55 bits per heavy atom. The van der Waals surface area contributed by atoms with E-state index >= 15 is 0 Å². The molecule has 0 radical (unpaired) electrons. The van der Waals surface area contributed by atoms with E-state index in [1.807, 2.05) is 54.6 Å². The highest BCUT2D eigenvalue weighted by atomic mass is 16.3. The highest BCUT2D eigenvalue weighted by molar-refractivity contribution is 6.10. The summed E-state index contributed by atoms with van der Waals surface area (Å²) in [7, 11) is 0. The van der Waals surface area contributed by atoms with Gasteiger partial charge < -0.3 is 8.98 Å². The van der Waals surface area contributed by atoms with Crippen LogP contribution in [0.1, 0.15) is 15.9 Å². The van der Waals surface area contributed by atoms with Gasteiger partial charge in [-0.2, -0.15) is 0 Å². The number of rotatable bonds is 4. The number of carbonyl (C=O) groups excluding carboxylic acids is 1. The van der Waals surface area contributed by atoms with Gasteiger partial charge >= 0.3 is 0 Å². The van der Waals surface area contributed by atoms with E-state index in [-0.39, 0.29) is 0 Å². The summed E-state index contributed by atoms with van der Waals surface area (Å²) in [5.74, 6) is 0.596. The second-order valence-corrected chi connectivity index (χ2v) is 7.68. The van der Waals surface area contributed by atoms with Crippen LogP contribution in [-0.4, -0.2) is 15.8 Å². The Kier molecular flexibility index (Phi) is 3.96. The zero-order valence-electron chi connectivity index (χ0n) is 16.7. The Balaban J connectivity index is 1.59. The second kappa shape index (κ2) is 6.96. The van der Waals surface area contributed by atoms with Crippen LogP contribution in [0.4, 0.5) is 0 Å². The van der Waals surface area contributed by atoms with Crippen molar-refractivity contribution in [1.29, 1.82) is 0 Å². The molecule has 31 heavy (non-hydrogen) atoms. The molecule has 2 heterocycles. The molecule has 4 heteroatoms. The van der Waals surface area contributed by atoms with Crippen LogP contribution in [-0.2, 0) is 6.54 Å². The van der Waals surface area contributed by atoms with Gasteiger partial charge in [-0.15, -0.1) is 0 Å². The van der Waals surface area contributed by atoms with Crippen molar-refractivity contribution in [2.75, 3.05) is 0 Å². The molecule has 4 aromatic carbocycles. The van der Waals surface area contributed by atoms with Gasteiger partial charge in [-0.25, -0.2) is 4.98 Å². The lowest BCUT2D eigenvalue weighted by Crippen LogP contribution is -1.99. The topological polar surface area (TPSA) is 48.0 Å². The van der Waals surface area contributed by atoms with E-state index in [4.69, 9.17) is 4.42 Å². The summed E-state index contributed by atoms with van der Waals surface area (Å²) in [5, 5.41) is 2.13. The summed E-state index contributed by atoms with van der Waals surface area (Å²) in [5.41, 5.74) is 6.63. The molecule has 4 nitrogen and oxygen atoms in total. The Morgan fingerprint density at radius 1 is 0.806 bits per heavy atom. The molecule has 6 aromatic rings. The summed E-state index contributed by atoms with van der Waals surface area (Å²) >= 11 is 0. The van der Waals surface area contributed by atoms with Gasteiger partial charge in [-0.1, -0.05) is 42.5 Å². The third-order valence-electron chi connectivity index (χ3n) is 5.75. The number of fused-ring (bicyclic) bond motifs is 4. The summed E-state index contributed by atoms with van der Waals surface area (Å²) in [6.45, 7) is 0.753. The average Bonchev–Trinajstić information content (AvgIpc) is 3.39. The molecule has 6 rings (SSSR count). The predicted molar refractivity (Wildman–Crippen MR) is 123 cm³/mol. The van der Waals surface area contributed by atoms with E-state index in [0.29, 0.717) is 11.5 Å². The van der Waals surface area contributed by atoms with Crippen molar-refractivity contribution in [2.45, 2.75) is 6.54 Å². The molecule has 0 saturated carbocycles. The van der Waals surface area contributed by atoms with Gasteiger partial charge in [-0.3, -0.25) is 4.79 Å². The highest BCUT2D eigenvalue weighted by Crippen LogP contribution is 2.34. The van der Waals surface area contributed by atoms with Crippen LogP contribution in [0.15, 0.2) is 95.4 Å². The van der Waals surface area contributed by atoms with Crippen molar-refractivity contribution in [1.82, 2.24) is 9.55 Å². The first kappa shape index (κ1) is 17.7. The zero-order valence-corrected chi connectivity index (χ0v) is 16.7. The normalized spacial score (nSPS) is 11.5. The van der Waals surface area contributed by atoms with Gasteiger partial charge in [0.05, 0.1) is 0 Å². The molecule has 148 valence electrons. The van der Waals surface area contributed by atoms with Gasteiger partial charge in [0.2, 0.25) is 5.89 Å². The number of aromatic nitrogens is 2. The Labute approximate surface area is 178 Å². The van der Waals surface area contributed by atoms with Crippen LogP contribution >= 0.6 is 0 Å². The fraction of sp³-hybridized carbons (Fsp3) is 0.0370. The van der Waals surface area contributed by atoms with Crippen LogP contribution in [0.3, 0.4) is 0 Å². The summed E-state index contributed by atoms with van der Waals surface area (Å²) in [6.07, 6.45) is 0.893. The standard InChI is InChI=1S/C27H18N2O2/c30-17-19-10-12-24-21(14-19)22-15-20(27-28-23-8-4-5-9-26(23)31-27)11-13-25(22)29(24)16-18-6-2-1-3-7-18/h1-15,17H,16H2. The van der Waals surface area contributed by atoms with Crippen molar-refractivity contribution in [3.63, 3.8) is 0 Å². The first-order valence-corrected chi connectivity index (χ1v) is 10.2. The van der Waals surface area contributed by atoms with Crippen LogP contribution in [0.2, 0.25) is 0 Å². The first-order chi connectivity index (χ1) is 15.3. The smallest absolute Gasteiger partial charge is 0.227 e. The Bertz CT molecular complexity index is 1540. The molecular weight excluding hydrogens is 384 g/mol. The number of aldehydes is 1. The number of benzene rings is 4. The van der Waals surface area contributed by atoms with Gasteiger partial charge in [0.1, 0.15) is 11.8 Å². The van der Waals surface area contributed by atoms with E-state index in [0.717, 1.165) is 51.3 Å². The maximum Gasteiger partial charge on any atom is 0.227 e. The molecule has 0 aliphatic carbocycles. The Hall–Kier alpha value is -4.18. The fourth-order valence-corrected chi connectivity index (χ4v) is 4.26. The maximum absolute atomic E-state index is 11.4. The van der Waals surface area contributed by atoms with Gasteiger partial charge in [-0.05, 0) is 54.1 Å².